The third kappa shape index (κ3) is 2.94. The Morgan fingerprint density at radius 3 is 2.48 bits per heavy atom. The number of rotatable bonds is 4. The molecule has 3 saturated carbocycles. The van der Waals surface area contributed by atoms with Crippen molar-refractivity contribution in [1.29, 1.82) is 0 Å². The lowest BCUT2D eigenvalue weighted by Gasteiger charge is -2.59. The maximum Gasteiger partial charge on any atom is 0.303 e. The van der Waals surface area contributed by atoms with Crippen molar-refractivity contribution >= 4 is 17.5 Å². The zero-order valence-electron chi connectivity index (χ0n) is 17.3. The predicted molar refractivity (Wildman–Crippen MR) is 105 cm³/mol. The lowest BCUT2D eigenvalue weighted by atomic mass is 9.46. The monoisotopic (exact) mass is 404 g/mol. The number of carboxylic acid groups (broad SMARTS) is 1. The van der Waals surface area contributed by atoms with E-state index in [1.54, 1.807) is 6.08 Å². The van der Waals surface area contributed by atoms with E-state index in [9.17, 15) is 24.6 Å². The van der Waals surface area contributed by atoms with Gasteiger partial charge in [0.05, 0.1) is 12.5 Å². The van der Waals surface area contributed by atoms with Gasteiger partial charge in [-0.1, -0.05) is 19.4 Å². The van der Waals surface area contributed by atoms with Gasteiger partial charge < -0.3 is 15.3 Å². The number of carboxylic acids is 1. The van der Waals surface area contributed by atoms with E-state index in [0.29, 0.717) is 11.8 Å². The first-order chi connectivity index (χ1) is 13.6. The Balaban J connectivity index is 1.60. The van der Waals surface area contributed by atoms with Crippen molar-refractivity contribution in [2.75, 3.05) is 0 Å². The van der Waals surface area contributed by atoms with Crippen molar-refractivity contribution < 1.29 is 29.7 Å². The van der Waals surface area contributed by atoms with E-state index in [-0.39, 0.29) is 35.9 Å². The summed E-state index contributed by atoms with van der Waals surface area (Å²) in [5.74, 6) is -0.428. The molecule has 4 aliphatic carbocycles. The van der Waals surface area contributed by atoms with E-state index in [0.717, 1.165) is 44.1 Å². The summed E-state index contributed by atoms with van der Waals surface area (Å²) in [4.78, 5) is 35.8. The second kappa shape index (κ2) is 7.02. The molecule has 0 aromatic carbocycles. The van der Waals surface area contributed by atoms with Gasteiger partial charge in [0.1, 0.15) is 11.9 Å². The highest BCUT2D eigenvalue weighted by molar-refractivity contribution is 5.96. The molecule has 160 valence electrons. The van der Waals surface area contributed by atoms with Crippen molar-refractivity contribution in [1.82, 2.24) is 0 Å². The van der Waals surface area contributed by atoms with Crippen molar-refractivity contribution in [2.45, 2.75) is 77.4 Å². The maximum absolute atomic E-state index is 12.8. The van der Waals surface area contributed by atoms with Gasteiger partial charge >= 0.3 is 5.97 Å². The van der Waals surface area contributed by atoms with Crippen LogP contribution >= 0.6 is 0 Å². The Hall–Kier alpha value is -1.53. The molecule has 3 fully saturated rings. The molecule has 0 heterocycles. The largest absolute Gasteiger partial charge is 0.481 e. The molecule has 0 aliphatic heterocycles. The summed E-state index contributed by atoms with van der Waals surface area (Å²) in [6.07, 6.45) is 4.30. The van der Waals surface area contributed by atoms with E-state index in [2.05, 4.69) is 6.92 Å². The summed E-state index contributed by atoms with van der Waals surface area (Å²) in [5, 5.41) is 30.1. The van der Waals surface area contributed by atoms with Crippen LogP contribution < -0.4 is 0 Å². The highest BCUT2D eigenvalue weighted by Gasteiger charge is 2.62. The molecule has 29 heavy (non-hydrogen) atoms. The number of aliphatic carboxylic acids is 1. The molecule has 0 saturated heterocycles. The van der Waals surface area contributed by atoms with E-state index in [1.807, 2.05) is 6.92 Å². The Morgan fingerprint density at radius 2 is 1.79 bits per heavy atom. The lowest BCUT2D eigenvalue weighted by molar-refractivity contribution is -0.152. The summed E-state index contributed by atoms with van der Waals surface area (Å²) < 4.78 is 0. The van der Waals surface area contributed by atoms with Gasteiger partial charge in [-0.15, -0.1) is 0 Å². The van der Waals surface area contributed by atoms with Crippen LogP contribution in [0.3, 0.4) is 0 Å². The molecule has 0 aromatic heterocycles. The van der Waals surface area contributed by atoms with Gasteiger partial charge in [0.15, 0.2) is 5.78 Å². The van der Waals surface area contributed by atoms with E-state index in [1.165, 1.54) is 0 Å². The molecule has 4 aliphatic rings. The van der Waals surface area contributed by atoms with E-state index in [4.69, 9.17) is 5.11 Å². The molecule has 3 N–H and O–H groups in total. The fourth-order valence-electron chi connectivity index (χ4n) is 7.58. The van der Waals surface area contributed by atoms with Crippen molar-refractivity contribution in [3.8, 4) is 0 Å². The van der Waals surface area contributed by atoms with Gasteiger partial charge in [0, 0.05) is 17.8 Å². The average molecular weight is 405 g/mol. The molecule has 4 rings (SSSR count). The SMILES string of the molecule is C[C@]12CC[C@H]3[C@@H](CCC4=CC(=O)C(O)C(O)[C@@]43C)[C@@H]1CC[C@@H]2C(=O)CCC(=O)O. The highest BCUT2D eigenvalue weighted by Crippen LogP contribution is 2.66. The molecule has 8 atom stereocenters. The van der Waals surface area contributed by atoms with Crippen molar-refractivity contribution in [2.24, 2.45) is 34.5 Å². The fraction of sp³-hybridized carbons (Fsp3) is 0.783. The second-order valence-corrected chi connectivity index (χ2v) is 10.2. The number of fused-ring (bicyclic) bond motifs is 5. The van der Waals surface area contributed by atoms with Crippen LogP contribution in [0, 0.1) is 34.5 Å². The summed E-state index contributed by atoms with van der Waals surface area (Å²) >= 11 is 0. The third-order valence-corrected chi connectivity index (χ3v) is 9.14. The maximum atomic E-state index is 12.8. The molecule has 6 heteroatoms. The van der Waals surface area contributed by atoms with Gasteiger partial charge in [-0.2, -0.15) is 0 Å². The zero-order valence-corrected chi connectivity index (χ0v) is 17.3. The summed E-state index contributed by atoms with van der Waals surface area (Å²) in [7, 11) is 0. The first-order valence-corrected chi connectivity index (χ1v) is 11.0. The molecule has 6 nitrogen and oxygen atoms in total. The molecular formula is C23H32O6. The van der Waals surface area contributed by atoms with Gasteiger partial charge in [-0.3, -0.25) is 14.4 Å². The topological polar surface area (TPSA) is 112 Å². The first-order valence-electron chi connectivity index (χ1n) is 11.0. The minimum atomic E-state index is -1.36. The number of aliphatic hydroxyl groups excluding tert-OH is 2. The van der Waals surface area contributed by atoms with E-state index < -0.39 is 29.4 Å². The number of carbonyl (C=O) groups is 3. The Labute approximate surface area is 171 Å². The molecule has 2 unspecified atom stereocenters. The molecule has 0 radical (unpaired) electrons. The number of Topliss-reactive ketones (excluding diaryl/α,β-unsaturated/α-hetero) is 1. The first kappa shape index (κ1) is 20.7. The third-order valence-electron chi connectivity index (χ3n) is 9.14. The normalized spacial score (nSPS) is 46.3. The highest BCUT2D eigenvalue weighted by atomic mass is 16.4. The molecule has 0 spiro atoms. The van der Waals surface area contributed by atoms with E-state index >= 15 is 0 Å². The summed E-state index contributed by atoms with van der Waals surface area (Å²) in [5.41, 5.74) is 0.253. The van der Waals surface area contributed by atoms with Crippen LogP contribution in [0.5, 0.6) is 0 Å². The fourth-order valence-corrected chi connectivity index (χ4v) is 7.58. The summed E-state index contributed by atoms with van der Waals surface area (Å²) in [6, 6.07) is 0. The van der Waals surface area contributed by atoms with Gasteiger partial charge in [0.2, 0.25) is 0 Å². The van der Waals surface area contributed by atoms with Crippen LogP contribution in [0.4, 0.5) is 0 Å². The standard InChI is InChI=1S/C23H32O6/c1-22-10-9-15-13(14(22)5-6-16(22)17(24)7-8-19(26)27)4-3-12-11-18(25)20(28)21(29)23(12,15)2/h11,13-16,20-21,28-29H,3-10H2,1-2H3,(H,26,27)/t13-,14-,15-,16+,20?,21?,22-,23-/m0/s1. The molecule has 0 amide bonds. The second-order valence-electron chi connectivity index (χ2n) is 10.2. The number of carbonyl (C=O) groups excluding carboxylic acids is 2. The molecular weight excluding hydrogens is 372 g/mol. The predicted octanol–water partition coefficient (Wildman–Crippen LogP) is 2.51. The van der Waals surface area contributed by atoms with Gasteiger partial charge in [-0.25, -0.2) is 0 Å². The van der Waals surface area contributed by atoms with Crippen molar-refractivity contribution in [3.63, 3.8) is 0 Å². The van der Waals surface area contributed by atoms with Crippen LogP contribution in [0.1, 0.15) is 65.2 Å². The van der Waals surface area contributed by atoms with Crippen molar-refractivity contribution in [3.05, 3.63) is 11.6 Å². The molecule has 0 aromatic rings. The number of ketones is 2. The average Bonchev–Trinajstić information content (AvgIpc) is 3.03. The van der Waals surface area contributed by atoms with Crippen LogP contribution in [-0.2, 0) is 14.4 Å². The molecule has 0 bridgehead atoms. The number of aliphatic hydroxyl groups is 2. The quantitative estimate of drug-likeness (QED) is 0.664. The smallest absolute Gasteiger partial charge is 0.303 e. The summed E-state index contributed by atoms with van der Waals surface area (Å²) in [6.45, 7) is 4.21. The van der Waals surface area contributed by atoms with Crippen LogP contribution in [0.25, 0.3) is 0 Å². The Morgan fingerprint density at radius 1 is 1.07 bits per heavy atom. The minimum Gasteiger partial charge on any atom is -0.481 e. The number of hydrogen-bond donors (Lipinski definition) is 3. The van der Waals surface area contributed by atoms with Gasteiger partial charge in [-0.05, 0) is 67.8 Å². The minimum absolute atomic E-state index is 0.0807. The van der Waals surface area contributed by atoms with Crippen LogP contribution in [-0.4, -0.2) is 45.1 Å². The van der Waals surface area contributed by atoms with Crippen LogP contribution in [0.2, 0.25) is 0 Å². The zero-order chi connectivity index (χ0) is 21.1. The Kier molecular flexibility index (Phi) is 5.02. The van der Waals surface area contributed by atoms with Gasteiger partial charge in [0.25, 0.3) is 0 Å². The number of hydrogen-bond acceptors (Lipinski definition) is 5. The van der Waals surface area contributed by atoms with Crippen LogP contribution in [0.15, 0.2) is 11.6 Å². The lowest BCUT2D eigenvalue weighted by Crippen LogP contribution is -2.59. The Bertz CT molecular complexity index is 771.